The lowest BCUT2D eigenvalue weighted by Crippen LogP contribution is -2.46. The fourth-order valence-electron chi connectivity index (χ4n) is 4.85. The second-order valence-electron chi connectivity index (χ2n) is 9.66. The normalized spacial score (nSPS) is 15.8. The zero-order valence-electron chi connectivity index (χ0n) is 21.3. The predicted molar refractivity (Wildman–Crippen MR) is 145 cm³/mol. The van der Waals surface area contributed by atoms with Crippen molar-refractivity contribution in [2.45, 2.75) is 32.4 Å². The molecule has 1 aliphatic rings. The van der Waals surface area contributed by atoms with Crippen LogP contribution in [0.5, 0.6) is 11.5 Å². The fourth-order valence-corrected chi connectivity index (χ4v) is 5.09. The zero-order chi connectivity index (χ0) is 26.4. The second-order valence-corrected chi connectivity index (χ2v) is 10.0. The number of halogens is 1. The molecular formula is C27H27ClN8O2. The number of rotatable bonds is 4. The van der Waals surface area contributed by atoms with E-state index in [0.717, 1.165) is 41.7 Å². The zero-order valence-corrected chi connectivity index (χ0v) is 22.1. The summed E-state index contributed by atoms with van der Waals surface area (Å²) in [5.41, 5.74) is 4.39. The number of urea groups is 1. The first-order valence-electron chi connectivity index (χ1n) is 12.5. The molecular weight excluding hydrogens is 504 g/mol. The number of hydrogen-bond acceptors (Lipinski definition) is 6. The first-order chi connectivity index (χ1) is 18.4. The van der Waals surface area contributed by atoms with Gasteiger partial charge in [-0.2, -0.15) is 5.10 Å². The highest BCUT2D eigenvalue weighted by molar-refractivity contribution is 6.36. The molecule has 3 aromatic heterocycles. The molecule has 38 heavy (non-hydrogen) atoms. The summed E-state index contributed by atoms with van der Waals surface area (Å²) in [6.45, 7) is 2.62. The number of nitrogens with one attached hydrogen (secondary N) is 1. The first kappa shape index (κ1) is 24.2. The van der Waals surface area contributed by atoms with Gasteiger partial charge in [0, 0.05) is 38.5 Å². The van der Waals surface area contributed by atoms with Crippen LogP contribution in [0.15, 0.2) is 48.9 Å². The summed E-state index contributed by atoms with van der Waals surface area (Å²) < 4.78 is 7.96. The van der Waals surface area contributed by atoms with Crippen molar-refractivity contribution >= 4 is 39.7 Å². The maximum atomic E-state index is 12.7. The van der Waals surface area contributed by atoms with Crippen LogP contribution in [0.3, 0.4) is 0 Å². The van der Waals surface area contributed by atoms with E-state index in [4.69, 9.17) is 21.3 Å². The van der Waals surface area contributed by atoms with Crippen LogP contribution in [0.1, 0.15) is 31.3 Å². The number of aromatic nitrogens is 6. The summed E-state index contributed by atoms with van der Waals surface area (Å²) >= 11 is 6.77. The third kappa shape index (κ3) is 4.41. The van der Waals surface area contributed by atoms with Crippen molar-refractivity contribution in [1.82, 2.24) is 39.5 Å². The van der Waals surface area contributed by atoms with Gasteiger partial charge in [-0.05, 0) is 50.5 Å². The number of aromatic amines is 1. The van der Waals surface area contributed by atoms with Crippen molar-refractivity contribution < 1.29 is 9.53 Å². The van der Waals surface area contributed by atoms with E-state index in [2.05, 4.69) is 20.1 Å². The Morgan fingerprint density at radius 2 is 1.97 bits per heavy atom. The number of piperidine rings is 1. The molecule has 194 valence electrons. The maximum Gasteiger partial charge on any atom is 0.321 e. The first-order valence-corrected chi connectivity index (χ1v) is 12.9. The van der Waals surface area contributed by atoms with Gasteiger partial charge >= 0.3 is 6.03 Å². The van der Waals surface area contributed by atoms with Crippen LogP contribution < -0.4 is 4.74 Å². The number of carbonyl (C=O) groups excluding carboxylic acids is 1. The molecule has 1 atom stereocenters. The van der Waals surface area contributed by atoms with Crippen LogP contribution in [0, 0.1) is 6.92 Å². The molecule has 1 saturated heterocycles. The summed E-state index contributed by atoms with van der Waals surface area (Å²) in [4.78, 5) is 33.2. The van der Waals surface area contributed by atoms with Gasteiger partial charge in [-0.25, -0.2) is 19.4 Å². The van der Waals surface area contributed by atoms with Gasteiger partial charge in [0.05, 0.1) is 34.6 Å². The van der Waals surface area contributed by atoms with Gasteiger partial charge in [-0.1, -0.05) is 11.6 Å². The Labute approximate surface area is 224 Å². The van der Waals surface area contributed by atoms with E-state index in [-0.39, 0.29) is 12.2 Å². The number of amides is 2. The van der Waals surface area contributed by atoms with Gasteiger partial charge < -0.3 is 19.5 Å². The topological polar surface area (TPSA) is 105 Å². The Hall–Kier alpha value is -4.18. The van der Waals surface area contributed by atoms with E-state index in [0.29, 0.717) is 39.8 Å². The third-order valence-corrected chi connectivity index (χ3v) is 7.08. The smallest absolute Gasteiger partial charge is 0.321 e. The summed E-state index contributed by atoms with van der Waals surface area (Å²) in [5.74, 6) is 1.96. The largest absolute Gasteiger partial charge is 0.456 e. The molecule has 10 nitrogen and oxygen atoms in total. The number of aryl methyl sites for hydroxylation is 1. The quantitative estimate of drug-likeness (QED) is 0.315. The lowest BCUT2D eigenvalue weighted by molar-refractivity contribution is 0.0911. The van der Waals surface area contributed by atoms with E-state index in [1.165, 1.54) is 0 Å². The summed E-state index contributed by atoms with van der Waals surface area (Å²) in [5, 5.41) is 4.96. The van der Waals surface area contributed by atoms with Crippen molar-refractivity contribution in [3.8, 4) is 22.8 Å². The van der Waals surface area contributed by atoms with E-state index >= 15 is 0 Å². The highest BCUT2D eigenvalue weighted by Crippen LogP contribution is 2.36. The van der Waals surface area contributed by atoms with E-state index in [1.54, 1.807) is 37.5 Å². The Morgan fingerprint density at radius 1 is 1.13 bits per heavy atom. The van der Waals surface area contributed by atoms with Crippen LogP contribution in [0.25, 0.3) is 33.3 Å². The number of hydrogen-bond donors (Lipinski definition) is 1. The Kier molecular flexibility index (Phi) is 6.11. The minimum absolute atomic E-state index is 0.0154. The van der Waals surface area contributed by atoms with Crippen molar-refractivity contribution in [3.63, 3.8) is 0 Å². The third-order valence-electron chi connectivity index (χ3n) is 6.72. The molecule has 0 spiro atoms. The molecule has 2 aromatic carbocycles. The number of benzene rings is 2. The molecule has 0 radical (unpaired) electrons. The average Bonchev–Trinajstić information content (AvgIpc) is 3.56. The van der Waals surface area contributed by atoms with E-state index in [1.807, 2.05) is 47.0 Å². The fraction of sp³-hybridized carbons (Fsp3) is 0.296. The highest BCUT2D eigenvalue weighted by atomic mass is 35.5. The van der Waals surface area contributed by atoms with Crippen molar-refractivity contribution in [2.75, 3.05) is 20.6 Å². The van der Waals surface area contributed by atoms with Crippen molar-refractivity contribution in [3.05, 3.63) is 59.8 Å². The Morgan fingerprint density at radius 3 is 2.82 bits per heavy atom. The average molecular weight is 531 g/mol. The number of H-pyrrole nitrogens is 1. The molecule has 0 aliphatic carbocycles. The summed E-state index contributed by atoms with van der Waals surface area (Å²) in [6.07, 6.45) is 8.10. The number of imidazole rings is 1. The van der Waals surface area contributed by atoms with Gasteiger partial charge in [0.15, 0.2) is 0 Å². The molecule has 0 saturated carbocycles. The molecule has 0 bridgehead atoms. The maximum absolute atomic E-state index is 12.7. The molecule has 1 fully saturated rings. The lowest BCUT2D eigenvalue weighted by Gasteiger charge is -2.37. The molecule has 1 N–H and O–H groups in total. The number of likely N-dealkylation sites (tertiary alicyclic amines) is 1. The molecule has 6 rings (SSSR count). The van der Waals surface area contributed by atoms with Gasteiger partial charge in [0.1, 0.15) is 34.0 Å². The summed E-state index contributed by atoms with van der Waals surface area (Å²) in [7, 11) is 3.54. The minimum Gasteiger partial charge on any atom is -0.456 e. The monoisotopic (exact) mass is 530 g/mol. The number of fused-ring (bicyclic) bond motifs is 2. The van der Waals surface area contributed by atoms with Crippen molar-refractivity contribution in [2.24, 2.45) is 0 Å². The standard InChI is InChI=1S/C27H27ClN8O2/c1-16-31-19-8-7-18(12-21(19)32-16)38-23-10-9-20-26(25(23)28)33-22(14-29-20)17-13-30-36(15-17)24-6-4-5-11-35(24)27(37)34(2)3/h7-10,12-15,24H,4-6,11H2,1-3H3,(H,31,32). The summed E-state index contributed by atoms with van der Waals surface area (Å²) in [6, 6.07) is 9.26. The van der Waals surface area contributed by atoms with Gasteiger partial charge in [0.2, 0.25) is 0 Å². The van der Waals surface area contributed by atoms with Crippen LogP contribution >= 0.6 is 11.6 Å². The van der Waals surface area contributed by atoms with Crippen LogP contribution in [-0.2, 0) is 0 Å². The minimum atomic E-state index is -0.139. The molecule has 4 heterocycles. The van der Waals surface area contributed by atoms with Gasteiger partial charge in [0.25, 0.3) is 0 Å². The lowest BCUT2D eigenvalue weighted by atomic mass is 10.1. The number of ether oxygens (including phenoxy) is 1. The highest BCUT2D eigenvalue weighted by Gasteiger charge is 2.29. The molecule has 2 amide bonds. The van der Waals surface area contributed by atoms with E-state index in [9.17, 15) is 4.79 Å². The number of carbonyl (C=O) groups is 1. The Bertz CT molecular complexity index is 1660. The molecule has 1 unspecified atom stereocenters. The molecule has 5 aromatic rings. The van der Waals surface area contributed by atoms with Gasteiger partial charge in [-0.15, -0.1) is 0 Å². The van der Waals surface area contributed by atoms with Crippen LogP contribution in [0.4, 0.5) is 4.79 Å². The molecule has 1 aliphatic heterocycles. The van der Waals surface area contributed by atoms with Crippen LogP contribution in [-0.4, -0.2) is 66.2 Å². The molecule has 11 heteroatoms. The van der Waals surface area contributed by atoms with Crippen LogP contribution in [0.2, 0.25) is 5.02 Å². The van der Waals surface area contributed by atoms with Crippen molar-refractivity contribution in [1.29, 1.82) is 0 Å². The van der Waals surface area contributed by atoms with Gasteiger partial charge in [-0.3, -0.25) is 4.98 Å². The predicted octanol–water partition coefficient (Wildman–Crippen LogP) is 5.79. The van der Waals surface area contributed by atoms with E-state index < -0.39 is 0 Å². The second kappa shape index (κ2) is 9.60. The Balaban J connectivity index is 1.30. The number of nitrogens with zero attached hydrogens (tertiary/aromatic N) is 7. The SMILES string of the molecule is Cc1nc2ccc(Oc3ccc4ncc(-c5cnn(C6CCCCN6C(=O)N(C)C)c5)nc4c3Cl)cc2[nH]1.